The third kappa shape index (κ3) is 3.16. The van der Waals surface area contributed by atoms with E-state index in [0.717, 1.165) is 35.3 Å². The van der Waals surface area contributed by atoms with Crippen LogP contribution in [0.5, 0.6) is 11.5 Å². The SMILES string of the molecule is COc1cc2c(cc1OC1CCCC1)C/C(=C\c1cccnc1)C2=O. The van der Waals surface area contributed by atoms with Crippen LogP contribution in [0.1, 0.15) is 47.2 Å². The van der Waals surface area contributed by atoms with Gasteiger partial charge in [-0.3, -0.25) is 9.78 Å². The van der Waals surface area contributed by atoms with Crippen molar-refractivity contribution in [3.63, 3.8) is 0 Å². The number of Topliss-reactive ketones (excluding diaryl/α,β-unsaturated/α-hetero) is 1. The zero-order valence-electron chi connectivity index (χ0n) is 14.3. The number of fused-ring (bicyclic) bond motifs is 1. The van der Waals surface area contributed by atoms with Crippen LogP contribution in [0.2, 0.25) is 0 Å². The van der Waals surface area contributed by atoms with Crippen molar-refractivity contribution < 1.29 is 14.3 Å². The topological polar surface area (TPSA) is 48.4 Å². The van der Waals surface area contributed by atoms with Crippen LogP contribution < -0.4 is 9.47 Å². The van der Waals surface area contributed by atoms with Gasteiger partial charge in [-0.2, -0.15) is 0 Å². The highest BCUT2D eigenvalue weighted by atomic mass is 16.5. The van der Waals surface area contributed by atoms with Crippen molar-refractivity contribution in [1.29, 1.82) is 0 Å². The molecule has 0 amide bonds. The van der Waals surface area contributed by atoms with Gasteiger partial charge in [0.2, 0.25) is 0 Å². The largest absolute Gasteiger partial charge is 0.493 e. The van der Waals surface area contributed by atoms with Gasteiger partial charge in [-0.15, -0.1) is 0 Å². The number of pyridine rings is 1. The van der Waals surface area contributed by atoms with Crippen LogP contribution in [0, 0.1) is 0 Å². The summed E-state index contributed by atoms with van der Waals surface area (Å²) >= 11 is 0. The smallest absolute Gasteiger partial charge is 0.189 e. The van der Waals surface area contributed by atoms with E-state index in [1.54, 1.807) is 19.5 Å². The van der Waals surface area contributed by atoms with E-state index in [4.69, 9.17) is 9.47 Å². The Morgan fingerprint density at radius 1 is 1.20 bits per heavy atom. The van der Waals surface area contributed by atoms with E-state index in [-0.39, 0.29) is 11.9 Å². The van der Waals surface area contributed by atoms with Crippen LogP contribution in [0.25, 0.3) is 6.08 Å². The Hall–Kier alpha value is -2.62. The molecule has 1 heterocycles. The summed E-state index contributed by atoms with van der Waals surface area (Å²) in [7, 11) is 1.62. The molecular formula is C21H21NO3. The van der Waals surface area contributed by atoms with Crippen LogP contribution >= 0.6 is 0 Å². The van der Waals surface area contributed by atoms with E-state index in [1.807, 2.05) is 30.3 Å². The first-order valence-corrected chi connectivity index (χ1v) is 8.77. The zero-order chi connectivity index (χ0) is 17.2. The maximum absolute atomic E-state index is 12.7. The molecule has 25 heavy (non-hydrogen) atoms. The van der Waals surface area contributed by atoms with E-state index in [0.29, 0.717) is 17.7 Å². The van der Waals surface area contributed by atoms with Crippen LogP contribution in [-0.4, -0.2) is 24.0 Å². The molecule has 128 valence electrons. The van der Waals surface area contributed by atoms with Gasteiger partial charge in [0.05, 0.1) is 13.2 Å². The quantitative estimate of drug-likeness (QED) is 0.784. The molecule has 0 aliphatic heterocycles. The predicted octanol–water partition coefficient (Wildman–Crippen LogP) is 4.23. The van der Waals surface area contributed by atoms with Crippen LogP contribution in [0.15, 0.2) is 42.2 Å². The molecule has 4 nitrogen and oxygen atoms in total. The second-order valence-corrected chi connectivity index (χ2v) is 6.65. The summed E-state index contributed by atoms with van der Waals surface area (Å²) in [6.07, 6.45) is 10.9. The molecule has 0 N–H and O–H groups in total. The molecule has 2 aliphatic carbocycles. The summed E-state index contributed by atoms with van der Waals surface area (Å²) in [5.41, 5.74) is 3.44. The molecule has 1 aromatic heterocycles. The molecule has 0 spiro atoms. The second-order valence-electron chi connectivity index (χ2n) is 6.65. The molecule has 4 heteroatoms. The van der Waals surface area contributed by atoms with Crippen molar-refractivity contribution in [1.82, 2.24) is 4.98 Å². The van der Waals surface area contributed by atoms with Crippen molar-refractivity contribution in [3.05, 3.63) is 58.9 Å². The number of hydrogen-bond donors (Lipinski definition) is 0. The van der Waals surface area contributed by atoms with Gasteiger partial charge >= 0.3 is 0 Å². The van der Waals surface area contributed by atoms with Gasteiger partial charge in [-0.25, -0.2) is 0 Å². The first kappa shape index (κ1) is 15.9. The van der Waals surface area contributed by atoms with Crippen LogP contribution in [0.4, 0.5) is 0 Å². The highest BCUT2D eigenvalue weighted by molar-refractivity contribution is 6.15. The number of allylic oxidation sites excluding steroid dienone is 1. The molecule has 0 radical (unpaired) electrons. The zero-order valence-corrected chi connectivity index (χ0v) is 14.3. The van der Waals surface area contributed by atoms with Gasteiger partial charge in [0.25, 0.3) is 0 Å². The number of nitrogens with zero attached hydrogens (tertiary/aromatic N) is 1. The molecule has 1 aromatic carbocycles. The maximum atomic E-state index is 12.7. The predicted molar refractivity (Wildman–Crippen MR) is 96.1 cm³/mol. The number of aromatic nitrogens is 1. The van der Waals surface area contributed by atoms with Crippen molar-refractivity contribution in [3.8, 4) is 11.5 Å². The highest BCUT2D eigenvalue weighted by Crippen LogP contribution is 2.38. The van der Waals surface area contributed by atoms with Gasteiger partial charge in [0.1, 0.15) is 0 Å². The lowest BCUT2D eigenvalue weighted by Gasteiger charge is -2.16. The van der Waals surface area contributed by atoms with Crippen LogP contribution in [0.3, 0.4) is 0 Å². The number of ketones is 1. The number of methoxy groups -OCH3 is 1. The minimum atomic E-state index is 0.0598. The van der Waals surface area contributed by atoms with E-state index in [2.05, 4.69) is 4.98 Å². The molecule has 1 fully saturated rings. The van der Waals surface area contributed by atoms with Crippen molar-refractivity contribution in [2.45, 2.75) is 38.2 Å². The number of carbonyl (C=O) groups excluding carboxylic acids is 1. The lowest BCUT2D eigenvalue weighted by Crippen LogP contribution is -2.12. The molecule has 0 atom stereocenters. The van der Waals surface area contributed by atoms with Crippen molar-refractivity contribution >= 4 is 11.9 Å². The fourth-order valence-corrected chi connectivity index (χ4v) is 3.63. The first-order valence-electron chi connectivity index (χ1n) is 8.77. The Labute approximate surface area is 147 Å². The summed E-state index contributed by atoms with van der Waals surface area (Å²) < 4.78 is 11.6. The fraction of sp³-hybridized carbons (Fsp3) is 0.333. The molecule has 2 aromatic rings. The Morgan fingerprint density at radius 3 is 2.76 bits per heavy atom. The Balaban J connectivity index is 1.65. The minimum absolute atomic E-state index is 0.0598. The molecule has 2 aliphatic rings. The summed E-state index contributed by atoms with van der Waals surface area (Å²) in [4.78, 5) is 16.8. The minimum Gasteiger partial charge on any atom is -0.493 e. The summed E-state index contributed by atoms with van der Waals surface area (Å²) in [6.45, 7) is 0. The first-order chi connectivity index (χ1) is 12.2. The number of benzene rings is 1. The molecule has 1 saturated carbocycles. The highest BCUT2D eigenvalue weighted by Gasteiger charge is 2.28. The number of rotatable bonds is 4. The Bertz CT molecular complexity index is 821. The molecule has 0 saturated heterocycles. The van der Waals surface area contributed by atoms with E-state index in [1.165, 1.54) is 12.8 Å². The number of carbonyl (C=O) groups is 1. The van der Waals surface area contributed by atoms with E-state index >= 15 is 0 Å². The Morgan fingerprint density at radius 2 is 2.04 bits per heavy atom. The molecule has 0 bridgehead atoms. The number of ether oxygens (including phenoxy) is 2. The second kappa shape index (κ2) is 6.71. The fourth-order valence-electron chi connectivity index (χ4n) is 3.63. The monoisotopic (exact) mass is 335 g/mol. The normalized spacial score (nSPS) is 18.6. The van der Waals surface area contributed by atoms with Crippen molar-refractivity contribution in [2.75, 3.05) is 7.11 Å². The average molecular weight is 335 g/mol. The third-order valence-electron chi connectivity index (χ3n) is 4.93. The number of hydrogen-bond acceptors (Lipinski definition) is 4. The van der Waals surface area contributed by atoms with Gasteiger partial charge in [-0.05, 0) is 61.1 Å². The lowest BCUT2D eigenvalue weighted by molar-refractivity contribution is 0.104. The van der Waals surface area contributed by atoms with Gasteiger partial charge in [-0.1, -0.05) is 6.07 Å². The summed E-state index contributed by atoms with van der Waals surface area (Å²) in [5.74, 6) is 1.45. The lowest BCUT2D eigenvalue weighted by atomic mass is 10.1. The average Bonchev–Trinajstić information content (AvgIpc) is 3.24. The Kier molecular flexibility index (Phi) is 4.26. The van der Waals surface area contributed by atoms with Gasteiger partial charge in [0, 0.05) is 30.0 Å². The van der Waals surface area contributed by atoms with Gasteiger partial charge < -0.3 is 9.47 Å². The maximum Gasteiger partial charge on any atom is 0.189 e. The molecule has 0 unspecified atom stereocenters. The van der Waals surface area contributed by atoms with Gasteiger partial charge in [0.15, 0.2) is 17.3 Å². The van der Waals surface area contributed by atoms with E-state index < -0.39 is 0 Å². The van der Waals surface area contributed by atoms with Crippen LogP contribution in [-0.2, 0) is 6.42 Å². The van der Waals surface area contributed by atoms with E-state index in [9.17, 15) is 4.79 Å². The van der Waals surface area contributed by atoms with Crippen molar-refractivity contribution in [2.24, 2.45) is 0 Å². The third-order valence-corrected chi connectivity index (χ3v) is 4.93. The molecular weight excluding hydrogens is 314 g/mol. The summed E-state index contributed by atoms with van der Waals surface area (Å²) in [5, 5.41) is 0. The summed E-state index contributed by atoms with van der Waals surface area (Å²) in [6, 6.07) is 7.63. The standard InChI is InChI=1S/C21H21NO3/c1-24-19-12-18-15(11-20(19)25-17-6-2-3-7-17)10-16(21(18)23)9-14-5-4-8-22-13-14/h4-5,8-9,11-13,17H,2-3,6-7,10H2,1H3/b16-9+. The molecule has 4 rings (SSSR count).